The van der Waals surface area contributed by atoms with Gasteiger partial charge in [-0.25, -0.2) is 4.79 Å². The molecule has 8 nitrogen and oxygen atoms in total. The number of aliphatic carboxylic acids is 3. The van der Waals surface area contributed by atoms with E-state index in [0.29, 0.717) is 0 Å². The molecule has 0 saturated heterocycles. The summed E-state index contributed by atoms with van der Waals surface area (Å²) in [5.41, 5.74) is -2.57. The molecule has 0 aliphatic heterocycles. The van der Waals surface area contributed by atoms with Gasteiger partial charge in [0.1, 0.15) is 0 Å². The molecule has 0 aromatic heterocycles. The summed E-state index contributed by atoms with van der Waals surface area (Å²) >= 11 is 0. The Labute approximate surface area is 203 Å². The number of hydrogen-bond donors (Lipinski definition) is 3. The summed E-state index contributed by atoms with van der Waals surface area (Å²) in [5, 5.41) is 25.7. The van der Waals surface area contributed by atoms with Crippen molar-refractivity contribution in [1.82, 2.24) is 0 Å². The fourth-order valence-corrected chi connectivity index (χ4v) is 1.09. The van der Waals surface area contributed by atoms with Gasteiger partial charge in [-0.2, -0.15) is 0 Å². The third kappa shape index (κ3) is 13.5. The summed E-state index contributed by atoms with van der Waals surface area (Å²) < 4.78 is 4.32. The Morgan fingerprint density at radius 2 is 1.15 bits per heavy atom. The molecular weight excluding hydrogens is 316 g/mol. The Hall–Kier alpha value is 1.88. The van der Waals surface area contributed by atoms with Gasteiger partial charge >= 0.3 is 142 Å². The molecule has 0 spiro atoms. The summed E-state index contributed by atoms with van der Waals surface area (Å²) in [6, 6.07) is 0. The zero-order chi connectivity index (χ0) is 12.9. The van der Waals surface area contributed by atoms with E-state index in [1.165, 1.54) is 0 Å². The van der Waals surface area contributed by atoms with Crippen molar-refractivity contribution < 1.29 is 39.2 Å². The van der Waals surface area contributed by atoms with Gasteiger partial charge in [0, 0.05) is 6.92 Å². The number of carbonyl (C=O) groups is 4. The average molecular weight is 330 g/mol. The summed E-state index contributed by atoms with van der Waals surface area (Å²) in [6.07, 6.45) is -2.23. The van der Waals surface area contributed by atoms with Gasteiger partial charge in [0.2, 0.25) is 5.60 Å². The Balaban J connectivity index is -0.000000187. The molecule has 0 aliphatic carbocycles. The number of ether oxygens (including phenoxy) is 1. The summed E-state index contributed by atoms with van der Waals surface area (Å²) in [7, 11) is 0. The Morgan fingerprint density at radius 1 is 0.850 bits per heavy atom. The van der Waals surface area contributed by atoms with Crippen molar-refractivity contribution in [1.29, 1.82) is 0 Å². The van der Waals surface area contributed by atoms with Gasteiger partial charge in [-0.3, -0.25) is 14.4 Å². The monoisotopic (exact) mass is 330 g/mol. The molecule has 0 unspecified atom stereocenters. The zero-order valence-corrected chi connectivity index (χ0v) is 8.30. The van der Waals surface area contributed by atoms with E-state index in [4.69, 9.17) is 15.3 Å². The molecule has 0 amide bonds. The van der Waals surface area contributed by atoms with E-state index >= 15 is 0 Å². The number of carboxylic acid groups (broad SMARTS) is 3. The molecule has 3 N–H and O–H groups in total. The zero-order valence-electron chi connectivity index (χ0n) is 8.30. The van der Waals surface area contributed by atoms with Crippen molar-refractivity contribution >= 4 is 142 Å². The van der Waals surface area contributed by atoms with Crippen LogP contribution in [-0.2, 0) is 23.9 Å². The van der Waals surface area contributed by atoms with Crippen LogP contribution in [0.2, 0.25) is 0 Å². The van der Waals surface area contributed by atoms with Gasteiger partial charge in [-0.15, -0.1) is 0 Å². The Morgan fingerprint density at radius 3 is 1.30 bits per heavy atom. The molecule has 0 fully saturated rings. The van der Waals surface area contributed by atoms with E-state index < -0.39 is 42.3 Å². The van der Waals surface area contributed by atoms with Gasteiger partial charge in [-0.05, 0) is 0 Å². The van der Waals surface area contributed by atoms with Crippen LogP contribution in [0.3, 0.4) is 0 Å². The van der Waals surface area contributed by atoms with Crippen LogP contribution in [0.5, 0.6) is 0 Å². The maximum absolute atomic E-state index is 10.8. The van der Waals surface area contributed by atoms with Crippen LogP contribution >= 0.6 is 0 Å². The molecule has 12 heteroatoms. The van der Waals surface area contributed by atoms with E-state index in [2.05, 4.69) is 4.74 Å². The van der Waals surface area contributed by atoms with Gasteiger partial charge < -0.3 is 20.1 Å². The molecular formula is C8H14Na4O8. The third-order valence-corrected chi connectivity index (χ3v) is 1.60. The molecule has 0 aliphatic rings. The van der Waals surface area contributed by atoms with E-state index in [9.17, 15) is 19.2 Å². The van der Waals surface area contributed by atoms with Crippen molar-refractivity contribution in [2.45, 2.75) is 25.4 Å². The van der Waals surface area contributed by atoms with E-state index in [-0.39, 0.29) is 118 Å². The third-order valence-electron chi connectivity index (χ3n) is 1.60. The van der Waals surface area contributed by atoms with E-state index in [1.807, 2.05) is 0 Å². The molecule has 0 saturated carbocycles. The van der Waals surface area contributed by atoms with Crippen molar-refractivity contribution in [3.05, 3.63) is 0 Å². The van der Waals surface area contributed by atoms with E-state index in [1.54, 1.807) is 0 Å². The first kappa shape index (κ1) is 33.5. The summed E-state index contributed by atoms with van der Waals surface area (Å²) in [4.78, 5) is 42.3. The molecule has 0 atom stereocenters. The molecule has 0 radical (unpaired) electrons. The molecule has 0 aromatic carbocycles. The standard InChI is InChI=1S/C8H10O8.4Na.4H/c1-4(9)16-8(7(14)15,2-5(10)11)3-6(12)13;;;;;;;;/h2-3H2,1H3,(H,10,11)(H,12,13)(H,14,15);;;;;;;;. The normalized spacial score (nSPS) is 8.45. The van der Waals surface area contributed by atoms with Crippen molar-refractivity contribution in [2.75, 3.05) is 0 Å². The van der Waals surface area contributed by atoms with Crippen LogP contribution in [0.25, 0.3) is 0 Å². The Bertz CT molecular complexity index is 305. The van der Waals surface area contributed by atoms with Gasteiger partial charge in [0.15, 0.2) is 0 Å². The van der Waals surface area contributed by atoms with Crippen molar-refractivity contribution in [3.63, 3.8) is 0 Å². The van der Waals surface area contributed by atoms with Crippen LogP contribution in [0.1, 0.15) is 19.8 Å². The predicted octanol–water partition coefficient (Wildman–Crippen LogP) is -3.27. The minimum absolute atomic E-state index is 0. The second-order valence-corrected chi connectivity index (χ2v) is 3.03. The van der Waals surface area contributed by atoms with Crippen LogP contribution in [-0.4, -0.2) is 163 Å². The van der Waals surface area contributed by atoms with Crippen LogP contribution in [0.4, 0.5) is 0 Å². The molecule has 0 bridgehead atoms. The first-order chi connectivity index (χ1) is 7.19. The SMILES string of the molecule is CC(=O)OC(CC(=O)O)(CC(=O)O)C(=O)O.[NaH].[NaH].[NaH].[NaH]. The molecule has 98 valence electrons. The predicted molar refractivity (Wildman–Crippen MR) is 75.2 cm³/mol. The fraction of sp³-hybridized carbons (Fsp3) is 0.500. The maximum atomic E-state index is 10.8. The first-order valence-corrected chi connectivity index (χ1v) is 4.06. The quantitative estimate of drug-likeness (QED) is 0.341. The van der Waals surface area contributed by atoms with Crippen LogP contribution in [0, 0.1) is 0 Å². The number of carbonyl (C=O) groups excluding carboxylic acids is 1. The summed E-state index contributed by atoms with van der Waals surface area (Å²) in [5.74, 6) is -6.03. The van der Waals surface area contributed by atoms with Crippen LogP contribution in [0.15, 0.2) is 0 Å². The minimum atomic E-state index is -2.57. The number of hydrogen-bond acceptors (Lipinski definition) is 5. The van der Waals surface area contributed by atoms with Gasteiger partial charge in [0.25, 0.3) is 0 Å². The number of esters is 1. The second-order valence-electron chi connectivity index (χ2n) is 3.03. The first-order valence-electron chi connectivity index (χ1n) is 4.06. The van der Waals surface area contributed by atoms with Gasteiger partial charge in [-0.1, -0.05) is 0 Å². The topological polar surface area (TPSA) is 138 Å². The van der Waals surface area contributed by atoms with Crippen molar-refractivity contribution in [3.8, 4) is 0 Å². The van der Waals surface area contributed by atoms with Crippen molar-refractivity contribution in [2.24, 2.45) is 0 Å². The molecule has 0 rings (SSSR count). The fourth-order valence-electron chi connectivity index (χ4n) is 1.09. The molecule has 0 aromatic rings. The number of rotatable bonds is 6. The molecule has 0 heterocycles. The van der Waals surface area contributed by atoms with Crippen LogP contribution < -0.4 is 0 Å². The summed E-state index contributed by atoms with van der Waals surface area (Å²) in [6.45, 7) is 0.862. The second kappa shape index (κ2) is 15.8. The van der Waals surface area contributed by atoms with Gasteiger partial charge in [0.05, 0.1) is 12.8 Å². The Kier molecular flexibility index (Phi) is 26.4. The average Bonchev–Trinajstić information content (AvgIpc) is 1.98. The molecule has 20 heavy (non-hydrogen) atoms. The number of carboxylic acids is 3. The van der Waals surface area contributed by atoms with E-state index in [0.717, 1.165) is 6.92 Å².